The van der Waals surface area contributed by atoms with E-state index in [0.717, 1.165) is 29.3 Å². The van der Waals surface area contributed by atoms with Crippen LogP contribution in [0.15, 0.2) is 51.3 Å². The van der Waals surface area contributed by atoms with Gasteiger partial charge >= 0.3 is 0 Å². The van der Waals surface area contributed by atoms with Crippen LogP contribution in [0.25, 0.3) is 21.5 Å². The third-order valence-electron chi connectivity index (χ3n) is 5.27. The predicted octanol–water partition coefficient (Wildman–Crippen LogP) is 2.21. The first kappa shape index (κ1) is 15.6. The number of furan rings is 1. The fourth-order valence-corrected chi connectivity index (χ4v) is 4.81. The molecule has 1 aliphatic heterocycles. The highest BCUT2D eigenvalue weighted by Crippen LogP contribution is 2.30. The van der Waals surface area contributed by atoms with E-state index < -0.39 is 0 Å². The minimum absolute atomic E-state index is 0.0925. The third-order valence-corrected chi connectivity index (χ3v) is 6.14. The lowest BCUT2D eigenvalue weighted by Gasteiger charge is -2.31. The molecule has 0 radical (unpaired) electrons. The maximum atomic E-state index is 12.7. The van der Waals surface area contributed by atoms with Gasteiger partial charge in [0.25, 0.3) is 5.56 Å². The Morgan fingerprint density at radius 2 is 2.35 bits per heavy atom. The molecule has 0 bridgehead atoms. The molecule has 6 nitrogen and oxygen atoms in total. The molecule has 0 saturated carbocycles. The van der Waals surface area contributed by atoms with Crippen molar-refractivity contribution in [3.8, 4) is 11.3 Å². The summed E-state index contributed by atoms with van der Waals surface area (Å²) in [5.74, 6) is 1.45. The number of H-pyrrole nitrogens is 1. The van der Waals surface area contributed by atoms with Crippen molar-refractivity contribution in [1.82, 2.24) is 14.5 Å². The Hall–Kier alpha value is -2.64. The van der Waals surface area contributed by atoms with E-state index in [1.54, 1.807) is 6.26 Å². The van der Waals surface area contributed by atoms with Crippen molar-refractivity contribution < 1.29 is 9.32 Å². The highest BCUT2D eigenvalue weighted by molar-refractivity contribution is 7.17. The molecule has 4 aromatic heterocycles. The van der Waals surface area contributed by atoms with Gasteiger partial charge in [-0.05, 0) is 31.2 Å². The molecule has 5 rings (SSSR count). The molecule has 4 aromatic rings. The van der Waals surface area contributed by atoms with Gasteiger partial charge in [-0.25, -0.2) is 4.98 Å². The lowest BCUT2D eigenvalue weighted by molar-refractivity contribution is -0.948. The minimum atomic E-state index is -0.0925. The van der Waals surface area contributed by atoms with E-state index in [1.807, 2.05) is 17.5 Å². The maximum absolute atomic E-state index is 12.7. The zero-order valence-corrected chi connectivity index (χ0v) is 15.2. The average Bonchev–Trinajstić information content (AvgIpc) is 3.36. The Bertz CT molecular complexity index is 1120. The summed E-state index contributed by atoms with van der Waals surface area (Å²) in [7, 11) is 0. The highest BCUT2D eigenvalue weighted by Gasteiger charge is 2.28. The number of rotatable bonds is 3. The zero-order chi connectivity index (χ0) is 17.7. The molecule has 0 saturated heterocycles. The van der Waals surface area contributed by atoms with Crippen LogP contribution >= 0.6 is 11.3 Å². The van der Waals surface area contributed by atoms with Gasteiger partial charge in [0.05, 0.1) is 30.4 Å². The summed E-state index contributed by atoms with van der Waals surface area (Å²) in [4.78, 5) is 22.6. The van der Waals surface area contributed by atoms with Gasteiger partial charge in [-0.15, -0.1) is 11.3 Å². The van der Waals surface area contributed by atoms with E-state index >= 15 is 0 Å². The Morgan fingerprint density at radius 3 is 3.19 bits per heavy atom. The molecular weight excluding hydrogens is 348 g/mol. The van der Waals surface area contributed by atoms with Crippen molar-refractivity contribution in [1.29, 1.82) is 0 Å². The first-order valence-electron chi connectivity index (χ1n) is 8.74. The number of nitrogens with zero attached hydrogens (tertiary/aromatic N) is 2. The van der Waals surface area contributed by atoms with Crippen LogP contribution in [0.3, 0.4) is 0 Å². The van der Waals surface area contributed by atoms with E-state index in [2.05, 4.69) is 34.8 Å². The van der Waals surface area contributed by atoms with Crippen LogP contribution in [0.1, 0.15) is 24.5 Å². The normalized spacial score (nSPS) is 19.7. The lowest BCUT2D eigenvalue weighted by Crippen LogP contribution is -3.12. The Labute approximate surface area is 153 Å². The molecule has 0 aliphatic carbocycles. The second-order valence-electron chi connectivity index (χ2n) is 6.75. The van der Waals surface area contributed by atoms with Gasteiger partial charge in [0.2, 0.25) is 0 Å². The molecule has 26 heavy (non-hydrogen) atoms. The van der Waals surface area contributed by atoms with Crippen molar-refractivity contribution in [3.63, 3.8) is 0 Å². The summed E-state index contributed by atoms with van der Waals surface area (Å²) in [5.41, 5.74) is 2.06. The van der Waals surface area contributed by atoms with E-state index in [9.17, 15) is 4.79 Å². The number of quaternary nitrogens is 1. The first-order valence-corrected chi connectivity index (χ1v) is 9.62. The largest absolute Gasteiger partial charge is 0.464 e. The molecule has 0 spiro atoms. The number of fused-ring (bicyclic) bond motifs is 2. The van der Waals surface area contributed by atoms with Gasteiger partial charge in [0.1, 0.15) is 23.2 Å². The molecule has 2 atom stereocenters. The van der Waals surface area contributed by atoms with Gasteiger partial charge in [-0.3, -0.25) is 4.79 Å². The fraction of sp³-hybridized carbons (Fsp3) is 0.263. The molecule has 5 heterocycles. The number of hydrogen-bond donors (Lipinski definition) is 2. The summed E-state index contributed by atoms with van der Waals surface area (Å²) >= 11 is 1.49. The quantitative estimate of drug-likeness (QED) is 0.583. The second kappa shape index (κ2) is 5.96. The Kier molecular flexibility index (Phi) is 3.58. The Balaban J connectivity index is 1.49. The van der Waals surface area contributed by atoms with E-state index in [0.29, 0.717) is 23.7 Å². The van der Waals surface area contributed by atoms with Crippen molar-refractivity contribution in [3.05, 3.63) is 64.0 Å². The average molecular weight is 367 g/mol. The number of aromatic nitrogens is 3. The second-order valence-corrected chi connectivity index (χ2v) is 7.61. The number of nitrogens with one attached hydrogen (secondary N) is 2. The predicted molar refractivity (Wildman–Crippen MR) is 100 cm³/mol. The first-order chi connectivity index (χ1) is 12.7. The number of thiophene rings is 1. The van der Waals surface area contributed by atoms with Crippen LogP contribution in [-0.4, -0.2) is 21.1 Å². The van der Waals surface area contributed by atoms with Crippen molar-refractivity contribution in [2.24, 2.45) is 0 Å². The summed E-state index contributed by atoms with van der Waals surface area (Å²) in [6.45, 7) is 4.96. The summed E-state index contributed by atoms with van der Waals surface area (Å²) < 4.78 is 7.76. The Morgan fingerprint density at radius 1 is 1.42 bits per heavy atom. The van der Waals surface area contributed by atoms with Crippen LogP contribution in [0, 0.1) is 0 Å². The summed E-state index contributed by atoms with van der Waals surface area (Å²) in [6.07, 6.45) is 3.75. The van der Waals surface area contributed by atoms with Crippen LogP contribution in [0.5, 0.6) is 0 Å². The molecule has 0 amide bonds. The van der Waals surface area contributed by atoms with Crippen molar-refractivity contribution >= 4 is 21.6 Å². The van der Waals surface area contributed by atoms with Gasteiger partial charge < -0.3 is 18.9 Å². The fourth-order valence-electron chi connectivity index (χ4n) is 3.86. The molecule has 132 valence electrons. The van der Waals surface area contributed by atoms with Crippen LogP contribution in [-0.2, 0) is 13.1 Å². The van der Waals surface area contributed by atoms with E-state index in [-0.39, 0.29) is 5.56 Å². The van der Waals surface area contributed by atoms with Gasteiger partial charge in [0, 0.05) is 17.1 Å². The molecule has 0 aromatic carbocycles. The SMILES string of the molecule is C[C@H]1c2cccn2CC[NH+]1Cc1nc2scc(-c3ccco3)c2c(=O)[nH]1. The van der Waals surface area contributed by atoms with Crippen LogP contribution in [0.2, 0.25) is 0 Å². The standard InChI is InChI=1S/C19H18N4O2S/c1-12-14-4-2-6-22(14)7-8-23(12)10-16-20-18(24)17-13(11-26-19(17)21-16)15-5-3-9-25-15/h2-6,9,11-12H,7-8,10H2,1H3,(H,20,21,24)/p+1/t12-/m0/s1. The molecule has 2 N–H and O–H groups in total. The van der Waals surface area contributed by atoms with Crippen molar-refractivity contribution in [2.45, 2.75) is 26.1 Å². The maximum Gasteiger partial charge on any atom is 0.260 e. The minimum Gasteiger partial charge on any atom is -0.464 e. The van der Waals surface area contributed by atoms with Crippen LogP contribution < -0.4 is 10.5 Å². The molecule has 0 fully saturated rings. The molecular formula is C19H19N4O2S+. The molecule has 1 unspecified atom stereocenters. The van der Waals surface area contributed by atoms with Crippen LogP contribution in [0.4, 0.5) is 0 Å². The molecule has 7 heteroatoms. The monoisotopic (exact) mass is 367 g/mol. The van der Waals surface area contributed by atoms with Crippen molar-refractivity contribution in [2.75, 3.05) is 6.54 Å². The van der Waals surface area contributed by atoms with Gasteiger partial charge in [-0.1, -0.05) is 0 Å². The molecule has 1 aliphatic rings. The van der Waals surface area contributed by atoms with E-state index in [4.69, 9.17) is 9.40 Å². The summed E-state index contributed by atoms with van der Waals surface area (Å²) in [6, 6.07) is 8.35. The zero-order valence-electron chi connectivity index (χ0n) is 14.4. The topological polar surface area (TPSA) is 68.3 Å². The number of hydrogen-bond acceptors (Lipinski definition) is 4. The number of aromatic amines is 1. The van der Waals surface area contributed by atoms with E-state index in [1.165, 1.54) is 21.9 Å². The smallest absolute Gasteiger partial charge is 0.260 e. The highest BCUT2D eigenvalue weighted by atomic mass is 32.1. The summed E-state index contributed by atoms with van der Waals surface area (Å²) in [5, 5.41) is 2.56. The van der Waals surface area contributed by atoms with Gasteiger partial charge in [-0.2, -0.15) is 0 Å². The third kappa shape index (κ3) is 2.43. The van der Waals surface area contributed by atoms with Gasteiger partial charge in [0.15, 0.2) is 5.82 Å². The lowest BCUT2D eigenvalue weighted by atomic mass is 10.1.